The molecule has 1 aromatic carbocycles. The van der Waals surface area contributed by atoms with Gasteiger partial charge in [0.05, 0.1) is 24.5 Å². The smallest absolute Gasteiger partial charge is 0.418 e. The summed E-state index contributed by atoms with van der Waals surface area (Å²) >= 11 is 0. The van der Waals surface area contributed by atoms with E-state index < -0.39 is 18.2 Å². The second-order valence-electron chi connectivity index (χ2n) is 6.87. The van der Waals surface area contributed by atoms with Crippen LogP contribution in [0.2, 0.25) is 0 Å². The number of aliphatic carboxylic acids is 1. The highest BCUT2D eigenvalue weighted by molar-refractivity contribution is 5.69. The Labute approximate surface area is 178 Å². The quantitative estimate of drug-likeness (QED) is 0.508. The van der Waals surface area contributed by atoms with Crippen molar-refractivity contribution in [2.75, 3.05) is 19.0 Å². The third-order valence-electron chi connectivity index (χ3n) is 4.63. The van der Waals surface area contributed by atoms with Crippen LogP contribution in [-0.4, -0.2) is 40.9 Å². The maximum atomic E-state index is 13.7. The summed E-state index contributed by atoms with van der Waals surface area (Å²) in [6.07, 6.45) is -3.49. The van der Waals surface area contributed by atoms with Crippen LogP contribution in [0, 0.1) is 0 Å². The van der Waals surface area contributed by atoms with Crippen molar-refractivity contribution >= 4 is 17.3 Å². The largest absolute Gasteiger partial charge is 0.481 e. The first-order valence-corrected chi connectivity index (χ1v) is 9.80. The fourth-order valence-corrected chi connectivity index (χ4v) is 3.18. The van der Waals surface area contributed by atoms with Gasteiger partial charge in [0, 0.05) is 25.0 Å². The van der Waals surface area contributed by atoms with E-state index in [2.05, 4.69) is 15.3 Å². The molecule has 0 fully saturated rings. The van der Waals surface area contributed by atoms with Gasteiger partial charge in [-0.3, -0.25) is 4.79 Å². The summed E-state index contributed by atoms with van der Waals surface area (Å²) in [5.74, 6) is -0.893. The molecule has 0 unspecified atom stereocenters. The molecule has 170 valence electrons. The van der Waals surface area contributed by atoms with Crippen LogP contribution in [0.4, 0.5) is 24.5 Å². The van der Waals surface area contributed by atoms with Crippen LogP contribution in [0.1, 0.15) is 55.7 Å². The molecule has 2 rings (SSSR count). The van der Waals surface area contributed by atoms with Gasteiger partial charge >= 0.3 is 12.1 Å². The van der Waals surface area contributed by atoms with Gasteiger partial charge in [0.25, 0.3) is 0 Å². The molecule has 0 aliphatic rings. The van der Waals surface area contributed by atoms with E-state index >= 15 is 0 Å². The first kappa shape index (κ1) is 24.5. The average Bonchev–Trinajstić information content (AvgIpc) is 2.71. The number of hydrogen-bond acceptors (Lipinski definition) is 6. The zero-order valence-corrected chi connectivity index (χ0v) is 17.6. The maximum absolute atomic E-state index is 13.7. The summed E-state index contributed by atoms with van der Waals surface area (Å²) in [6, 6.07) is 4.39. The maximum Gasteiger partial charge on any atom is 0.418 e. The molecule has 0 amide bonds. The van der Waals surface area contributed by atoms with Gasteiger partial charge in [-0.2, -0.15) is 13.2 Å². The molecule has 1 aromatic heterocycles. The number of benzene rings is 1. The second kappa shape index (κ2) is 11.1. The standard InChI is InChI=1S/C21H26F3N3O4/c1-4-13(9-19(28)29)14-6-7-16(20(31-5-2)21(22,23)24)17(8-14)27-15-10-25-18(12-30-3)26-11-15/h6-8,10-11,13,20,27H,4-5,9,12H2,1-3H3,(H,28,29)/t13-,20-/m0/s1. The van der Waals surface area contributed by atoms with Crippen LogP contribution in [0.25, 0.3) is 0 Å². The van der Waals surface area contributed by atoms with E-state index in [4.69, 9.17) is 14.6 Å². The summed E-state index contributed by atoms with van der Waals surface area (Å²) in [5.41, 5.74) is 1.04. The molecule has 7 nitrogen and oxygen atoms in total. The van der Waals surface area contributed by atoms with Crippen molar-refractivity contribution in [1.82, 2.24) is 9.97 Å². The van der Waals surface area contributed by atoms with Crippen molar-refractivity contribution in [3.63, 3.8) is 0 Å². The number of rotatable bonds is 11. The Hall–Kier alpha value is -2.72. The third kappa shape index (κ3) is 6.90. The number of aromatic nitrogens is 2. The predicted molar refractivity (Wildman–Crippen MR) is 108 cm³/mol. The zero-order valence-electron chi connectivity index (χ0n) is 17.6. The van der Waals surface area contributed by atoms with Crippen LogP contribution in [0.15, 0.2) is 30.6 Å². The Morgan fingerprint density at radius 2 is 1.90 bits per heavy atom. The van der Waals surface area contributed by atoms with E-state index in [0.29, 0.717) is 23.5 Å². The number of carboxylic acid groups (broad SMARTS) is 1. The third-order valence-corrected chi connectivity index (χ3v) is 4.63. The second-order valence-corrected chi connectivity index (χ2v) is 6.87. The first-order chi connectivity index (χ1) is 14.7. The van der Waals surface area contributed by atoms with Crippen LogP contribution in [0.3, 0.4) is 0 Å². The van der Waals surface area contributed by atoms with Gasteiger partial charge < -0.3 is 19.9 Å². The van der Waals surface area contributed by atoms with E-state index in [0.717, 1.165) is 0 Å². The molecule has 0 saturated carbocycles. The molecule has 31 heavy (non-hydrogen) atoms. The van der Waals surface area contributed by atoms with Gasteiger partial charge in [-0.1, -0.05) is 19.1 Å². The molecule has 0 aliphatic carbocycles. The molecule has 0 radical (unpaired) electrons. The highest BCUT2D eigenvalue weighted by atomic mass is 19.4. The SMILES string of the molecule is CCO[C@@H](c1ccc([C@@H](CC)CC(=O)O)cc1Nc1cnc(COC)nc1)C(F)(F)F. The Kier molecular flexibility index (Phi) is 8.76. The van der Waals surface area contributed by atoms with Gasteiger partial charge in [-0.25, -0.2) is 9.97 Å². The highest BCUT2D eigenvalue weighted by Crippen LogP contribution is 2.41. The minimum atomic E-state index is -4.63. The van der Waals surface area contributed by atoms with Gasteiger partial charge in [0.2, 0.25) is 0 Å². The molecular formula is C21H26F3N3O4. The number of nitrogens with zero attached hydrogens (tertiary/aromatic N) is 2. The van der Waals surface area contributed by atoms with E-state index in [9.17, 15) is 18.0 Å². The first-order valence-electron chi connectivity index (χ1n) is 9.80. The van der Waals surface area contributed by atoms with Gasteiger partial charge in [0.1, 0.15) is 6.61 Å². The molecule has 1 heterocycles. The topological polar surface area (TPSA) is 93.6 Å². The molecule has 0 spiro atoms. The number of carboxylic acids is 1. The lowest BCUT2D eigenvalue weighted by atomic mass is 9.91. The summed E-state index contributed by atoms with van der Waals surface area (Å²) < 4.78 is 51.0. The number of nitrogens with one attached hydrogen (secondary N) is 1. The minimum Gasteiger partial charge on any atom is -0.481 e. The van der Waals surface area contributed by atoms with E-state index in [-0.39, 0.29) is 36.8 Å². The Morgan fingerprint density at radius 1 is 1.23 bits per heavy atom. The van der Waals surface area contributed by atoms with E-state index in [1.54, 1.807) is 0 Å². The molecular weight excluding hydrogens is 415 g/mol. The lowest BCUT2D eigenvalue weighted by Gasteiger charge is -2.25. The summed E-state index contributed by atoms with van der Waals surface area (Å²) in [4.78, 5) is 19.4. The Morgan fingerprint density at radius 3 is 2.42 bits per heavy atom. The monoisotopic (exact) mass is 441 g/mol. The molecule has 2 atom stereocenters. The molecule has 0 bridgehead atoms. The Balaban J connectivity index is 2.49. The molecule has 0 aliphatic heterocycles. The lowest BCUT2D eigenvalue weighted by molar-refractivity contribution is -0.222. The zero-order chi connectivity index (χ0) is 23.0. The van der Waals surface area contributed by atoms with E-state index in [1.165, 1.54) is 44.6 Å². The summed E-state index contributed by atoms with van der Waals surface area (Å²) in [7, 11) is 1.50. The van der Waals surface area contributed by atoms with Crippen molar-refractivity contribution in [2.45, 2.75) is 51.5 Å². The predicted octanol–water partition coefficient (Wildman–Crippen LogP) is 4.97. The van der Waals surface area contributed by atoms with Crippen molar-refractivity contribution in [3.05, 3.63) is 47.5 Å². The minimum absolute atomic E-state index is 0.107. The number of ether oxygens (including phenoxy) is 2. The van der Waals surface area contributed by atoms with Crippen LogP contribution < -0.4 is 5.32 Å². The Bertz CT molecular complexity index is 860. The van der Waals surface area contributed by atoms with Crippen LogP contribution in [0.5, 0.6) is 0 Å². The summed E-state index contributed by atoms with van der Waals surface area (Å²) in [5, 5.41) is 12.1. The summed E-state index contributed by atoms with van der Waals surface area (Å²) in [6.45, 7) is 3.39. The van der Waals surface area contributed by atoms with Gasteiger partial charge in [-0.05, 0) is 30.9 Å². The molecule has 2 aromatic rings. The average molecular weight is 441 g/mol. The van der Waals surface area contributed by atoms with E-state index in [1.807, 2.05) is 6.92 Å². The highest BCUT2D eigenvalue weighted by Gasteiger charge is 2.43. The number of methoxy groups -OCH3 is 1. The fourth-order valence-electron chi connectivity index (χ4n) is 3.18. The lowest BCUT2D eigenvalue weighted by Crippen LogP contribution is -2.24. The number of halogens is 3. The number of alkyl halides is 3. The van der Waals surface area contributed by atoms with Crippen LogP contribution in [-0.2, 0) is 20.9 Å². The van der Waals surface area contributed by atoms with Crippen LogP contribution >= 0.6 is 0 Å². The van der Waals surface area contributed by atoms with Crippen molar-refractivity contribution in [3.8, 4) is 0 Å². The number of anilines is 2. The molecule has 0 saturated heterocycles. The number of carbonyl (C=O) groups is 1. The van der Waals surface area contributed by atoms with Crippen molar-refractivity contribution in [2.24, 2.45) is 0 Å². The van der Waals surface area contributed by atoms with Gasteiger partial charge in [0.15, 0.2) is 11.9 Å². The van der Waals surface area contributed by atoms with Crippen molar-refractivity contribution in [1.29, 1.82) is 0 Å². The molecule has 10 heteroatoms. The normalized spacial score (nSPS) is 13.6. The molecule has 2 N–H and O–H groups in total. The fraction of sp³-hybridized carbons (Fsp3) is 0.476. The number of hydrogen-bond donors (Lipinski definition) is 2. The van der Waals surface area contributed by atoms with Crippen molar-refractivity contribution < 1.29 is 32.5 Å². The van der Waals surface area contributed by atoms with Gasteiger partial charge in [-0.15, -0.1) is 0 Å².